The summed E-state index contributed by atoms with van der Waals surface area (Å²) >= 11 is 0. The predicted octanol–water partition coefficient (Wildman–Crippen LogP) is 4.04. The van der Waals surface area contributed by atoms with Gasteiger partial charge in [0.25, 0.3) is 0 Å². The second-order valence-electron chi connectivity index (χ2n) is 11.0. The summed E-state index contributed by atoms with van der Waals surface area (Å²) in [5.74, 6) is 2.15. The molecule has 10 heteroatoms. The van der Waals surface area contributed by atoms with Crippen LogP contribution in [-0.2, 0) is 0 Å². The van der Waals surface area contributed by atoms with Crippen LogP contribution in [0.5, 0.6) is 0 Å². The number of fused-ring (bicyclic) bond motifs is 2. The molecule has 40 heavy (non-hydrogen) atoms. The lowest BCUT2D eigenvalue weighted by molar-refractivity contribution is 0.0349. The number of terminal acetylenes is 1. The van der Waals surface area contributed by atoms with Crippen LogP contribution in [0, 0.1) is 24.0 Å². The van der Waals surface area contributed by atoms with Gasteiger partial charge in [0, 0.05) is 67.7 Å². The maximum Gasteiger partial charge on any atom is 0.228 e. The largest absolute Gasteiger partial charge is 0.390 e. The molecule has 0 bridgehead atoms. The van der Waals surface area contributed by atoms with Crippen LogP contribution in [0.1, 0.15) is 38.2 Å². The maximum atomic E-state index is 16.5. The summed E-state index contributed by atoms with van der Waals surface area (Å²) in [5, 5.41) is 15.4. The first kappa shape index (κ1) is 26.3. The van der Waals surface area contributed by atoms with E-state index in [1.807, 2.05) is 23.8 Å². The number of aromatic nitrogens is 4. The highest BCUT2D eigenvalue weighted by molar-refractivity contribution is 6.01. The summed E-state index contributed by atoms with van der Waals surface area (Å²) < 4.78 is 31.2. The molecule has 2 saturated heterocycles. The molecule has 1 aromatic carbocycles. The van der Waals surface area contributed by atoms with Gasteiger partial charge in [0.1, 0.15) is 22.8 Å². The normalized spacial score (nSPS) is 18.8. The lowest BCUT2D eigenvalue weighted by Crippen LogP contribution is -2.43. The Hall–Kier alpha value is -3.94. The number of piperidine rings is 1. The van der Waals surface area contributed by atoms with E-state index in [1.54, 1.807) is 18.5 Å². The molecule has 4 aromatic rings. The second-order valence-corrected chi connectivity index (χ2v) is 11.0. The number of benzene rings is 1. The van der Waals surface area contributed by atoms with Crippen LogP contribution < -0.4 is 15.1 Å². The van der Waals surface area contributed by atoms with Gasteiger partial charge in [-0.2, -0.15) is 4.98 Å². The standard InChI is InChI=1S/C30H31F2N7O/c1-4-20-23(31)8-7-18-14-33-15-21(24(18)20)26-25(32)27-22(16-35-26)28(38(3)17-19-6-5-11-34-19)37-29(36-27)39-12-9-30(2,40)10-13-39/h1,7-8,14-16,19,34,40H,5-6,9-13,17H2,2-3H3/t19-/m0/s1. The third kappa shape index (κ3) is 4.69. The fraction of sp³-hybridized carbons (Fsp3) is 0.400. The third-order valence-corrected chi connectivity index (χ3v) is 8.07. The smallest absolute Gasteiger partial charge is 0.228 e. The molecule has 5 heterocycles. The molecule has 8 nitrogen and oxygen atoms in total. The van der Waals surface area contributed by atoms with E-state index in [2.05, 4.69) is 26.2 Å². The van der Waals surface area contributed by atoms with Crippen molar-refractivity contribution in [1.82, 2.24) is 25.3 Å². The molecule has 206 valence electrons. The number of anilines is 2. The zero-order valence-corrected chi connectivity index (χ0v) is 22.6. The summed E-state index contributed by atoms with van der Waals surface area (Å²) in [4.78, 5) is 22.3. The number of likely N-dealkylation sites (N-methyl/N-ethyl adjacent to an activating group) is 1. The maximum absolute atomic E-state index is 16.5. The molecule has 0 amide bonds. The number of pyridine rings is 2. The Balaban J connectivity index is 1.53. The van der Waals surface area contributed by atoms with Gasteiger partial charge in [-0.1, -0.05) is 5.92 Å². The van der Waals surface area contributed by atoms with Crippen LogP contribution in [0.4, 0.5) is 20.5 Å². The second kappa shape index (κ2) is 10.2. The summed E-state index contributed by atoms with van der Waals surface area (Å²) in [6.45, 7) is 4.58. The van der Waals surface area contributed by atoms with Crippen molar-refractivity contribution in [1.29, 1.82) is 0 Å². The average molecular weight is 544 g/mol. The zero-order chi connectivity index (χ0) is 28.0. The van der Waals surface area contributed by atoms with Crippen molar-refractivity contribution in [2.24, 2.45) is 0 Å². The first-order chi connectivity index (χ1) is 19.3. The Labute approximate surface area is 231 Å². The zero-order valence-electron chi connectivity index (χ0n) is 22.6. The van der Waals surface area contributed by atoms with Crippen LogP contribution in [-0.4, -0.2) is 69.9 Å². The number of nitrogens with zero attached hydrogens (tertiary/aromatic N) is 6. The van der Waals surface area contributed by atoms with Crippen molar-refractivity contribution in [3.8, 4) is 23.6 Å². The molecule has 2 N–H and O–H groups in total. The van der Waals surface area contributed by atoms with Gasteiger partial charge in [-0.25, -0.2) is 13.8 Å². The van der Waals surface area contributed by atoms with Crippen LogP contribution >= 0.6 is 0 Å². The van der Waals surface area contributed by atoms with Crippen molar-refractivity contribution < 1.29 is 13.9 Å². The van der Waals surface area contributed by atoms with Crippen molar-refractivity contribution in [2.45, 2.75) is 44.2 Å². The first-order valence-electron chi connectivity index (χ1n) is 13.6. The first-order valence-corrected chi connectivity index (χ1v) is 13.6. The highest BCUT2D eigenvalue weighted by Gasteiger charge is 2.30. The Morgan fingerprint density at radius 1 is 1.20 bits per heavy atom. The van der Waals surface area contributed by atoms with Gasteiger partial charge in [0.15, 0.2) is 5.82 Å². The van der Waals surface area contributed by atoms with E-state index < -0.39 is 17.2 Å². The Bertz CT molecular complexity index is 1640. The minimum atomic E-state index is -0.755. The number of aliphatic hydroxyl groups is 1. The van der Waals surface area contributed by atoms with Gasteiger partial charge < -0.3 is 20.2 Å². The van der Waals surface area contributed by atoms with E-state index in [1.165, 1.54) is 12.3 Å². The SMILES string of the molecule is C#Cc1c(F)ccc2cncc(-c3ncc4c(N(C)C[C@@H]5CCCN5)nc(N5CCC(C)(O)CC5)nc4c3F)c12. The van der Waals surface area contributed by atoms with E-state index in [9.17, 15) is 9.50 Å². The van der Waals surface area contributed by atoms with E-state index in [4.69, 9.17) is 11.4 Å². The minimum absolute atomic E-state index is 0.00927. The van der Waals surface area contributed by atoms with Gasteiger partial charge in [0.05, 0.1) is 16.6 Å². The van der Waals surface area contributed by atoms with Gasteiger partial charge in [0.2, 0.25) is 5.95 Å². The van der Waals surface area contributed by atoms with E-state index in [0.29, 0.717) is 72.0 Å². The highest BCUT2D eigenvalue weighted by Crippen LogP contribution is 2.36. The number of hydrogen-bond acceptors (Lipinski definition) is 8. The van der Waals surface area contributed by atoms with Gasteiger partial charge in [-0.05, 0) is 51.3 Å². The lowest BCUT2D eigenvalue weighted by Gasteiger charge is -2.36. The van der Waals surface area contributed by atoms with Crippen LogP contribution in [0.2, 0.25) is 0 Å². The molecule has 0 unspecified atom stereocenters. The van der Waals surface area contributed by atoms with Crippen molar-refractivity contribution in [3.63, 3.8) is 0 Å². The molecule has 6 rings (SSSR count). The number of halogens is 2. The van der Waals surface area contributed by atoms with Crippen molar-refractivity contribution >= 4 is 33.4 Å². The Morgan fingerprint density at radius 3 is 2.73 bits per heavy atom. The summed E-state index contributed by atoms with van der Waals surface area (Å²) in [5.41, 5.74) is -0.323. The molecule has 2 aliphatic rings. The quantitative estimate of drug-likeness (QED) is 0.365. The minimum Gasteiger partial charge on any atom is -0.390 e. The molecule has 0 radical (unpaired) electrons. The Morgan fingerprint density at radius 2 is 2.00 bits per heavy atom. The molecule has 2 fully saturated rings. The van der Waals surface area contributed by atoms with Crippen LogP contribution in [0.25, 0.3) is 32.9 Å². The monoisotopic (exact) mass is 543 g/mol. The molecule has 1 atom stereocenters. The van der Waals surface area contributed by atoms with E-state index in [-0.39, 0.29) is 16.8 Å². The van der Waals surface area contributed by atoms with Crippen molar-refractivity contribution in [3.05, 3.63) is 47.9 Å². The molecule has 3 aromatic heterocycles. The van der Waals surface area contributed by atoms with Crippen molar-refractivity contribution in [2.75, 3.05) is 43.0 Å². The number of rotatable bonds is 5. The third-order valence-electron chi connectivity index (χ3n) is 8.07. The predicted molar refractivity (Wildman–Crippen MR) is 152 cm³/mol. The molecule has 0 aliphatic carbocycles. The molecular formula is C30H31F2N7O. The number of nitrogens with one attached hydrogen (secondary N) is 1. The Kier molecular flexibility index (Phi) is 6.72. The molecular weight excluding hydrogens is 512 g/mol. The fourth-order valence-corrected chi connectivity index (χ4v) is 5.74. The summed E-state index contributed by atoms with van der Waals surface area (Å²) in [7, 11) is 1.94. The summed E-state index contributed by atoms with van der Waals surface area (Å²) in [6, 6.07) is 3.15. The van der Waals surface area contributed by atoms with E-state index >= 15 is 4.39 Å². The van der Waals surface area contributed by atoms with Gasteiger partial charge in [-0.15, -0.1) is 6.42 Å². The van der Waals surface area contributed by atoms with E-state index in [0.717, 1.165) is 19.4 Å². The topological polar surface area (TPSA) is 90.3 Å². The fourth-order valence-electron chi connectivity index (χ4n) is 5.74. The van der Waals surface area contributed by atoms with Gasteiger partial charge in [-0.3, -0.25) is 9.97 Å². The van der Waals surface area contributed by atoms with Crippen LogP contribution in [0.15, 0.2) is 30.7 Å². The average Bonchev–Trinajstić information content (AvgIpc) is 3.46. The molecule has 0 saturated carbocycles. The summed E-state index contributed by atoms with van der Waals surface area (Å²) in [6.07, 6.45) is 13.5. The lowest BCUT2D eigenvalue weighted by atomic mass is 9.94. The number of hydrogen-bond donors (Lipinski definition) is 2. The van der Waals surface area contributed by atoms with Gasteiger partial charge >= 0.3 is 0 Å². The van der Waals surface area contributed by atoms with Crippen LogP contribution in [0.3, 0.4) is 0 Å². The molecule has 0 spiro atoms. The molecule has 2 aliphatic heterocycles. The highest BCUT2D eigenvalue weighted by atomic mass is 19.1.